The second-order valence-electron chi connectivity index (χ2n) is 8.44. The molecule has 3 aromatic heterocycles. The van der Waals surface area contributed by atoms with E-state index in [2.05, 4.69) is 37.3 Å². The third-order valence-electron chi connectivity index (χ3n) is 6.16. The Labute approximate surface area is 198 Å². The molecule has 174 valence electrons. The number of likely N-dealkylation sites (N-methyl/N-ethyl adjacent to an activating group) is 1. The quantitative estimate of drug-likeness (QED) is 0.476. The van der Waals surface area contributed by atoms with Gasteiger partial charge in [-0.15, -0.1) is 10.2 Å². The topological polar surface area (TPSA) is 87.9 Å². The summed E-state index contributed by atoms with van der Waals surface area (Å²) in [5.41, 5.74) is 2.96. The molecule has 1 saturated heterocycles. The molecule has 9 heteroatoms. The first-order valence-electron chi connectivity index (χ1n) is 11.2. The summed E-state index contributed by atoms with van der Waals surface area (Å²) in [7, 11) is 3.70. The molecular weight excluding hydrogens is 430 g/mol. The van der Waals surface area contributed by atoms with Crippen LogP contribution in [0.3, 0.4) is 0 Å². The molecule has 1 fully saturated rings. The molecule has 1 N–H and O–H groups in total. The summed E-state index contributed by atoms with van der Waals surface area (Å²) in [6.07, 6.45) is 3.64. The van der Waals surface area contributed by atoms with Crippen molar-refractivity contribution < 1.29 is 9.53 Å². The number of piperazine rings is 1. The van der Waals surface area contributed by atoms with E-state index in [-0.39, 0.29) is 11.9 Å². The number of methoxy groups -OCH3 is 1. The molecule has 9 nitrogen and oxygen atoms in total. The van der Waals surface area contributed by atoms with Gasteiger partial charge in [-0.05, 0) is 43.4 Å². The van der Waals surface area contributed by atoms with Crippen LogP contribution in [0, 0.1) is 0 Å². The van der Waals surface area contributed by atoms with Crippen molar-refractivity contribution in [2.45, 2.75) is 12.6 Å². The van der Waals surface area contributed by atoms with E-state index in [4.69, 9.17) is 4.74 Å². The van der Waals surface area contributed by atoms with Crippen LogP contribution < -0.4 is 10.1 Å². The number of ether oxygens (including phenoxy) is 1. The van der Waals surface area contributed by atoms with Crippen LogP contribution in [0.15, 0.2) is 67.0 Å². The van der Waals surface area contributed by atoms with Crippen LogP contribution in [-0.4, -0.2) is 69.1 Å². The third-order valence-corrected chi connectivity index (χ3v) is 6.16. The Bertz CT molecular complexity index is 1290. The maximum absolute atomic E-state index is 13.0. The van der Waals surface area contributed by atoms with Crippen molar-refractivity contribution in [2.75, 3.05) is 39.1 Å². The van der Waals surface area contributed by atoms with Gasteiger partial charge in [0.1, 0.15) is 5.75 Å². The summed E-state index contributed by atoms with van der Waals surface area (Å²) >= 11 is 0. The molecule has 0 radical (unpaired) electrons. The Kier molecular flexibility index (Phi) is 6.20. The number of hydrogen-bond acceptors (Lipinski definition) is 7. The molecule has 1 amide bonds. The SMILES string of the molecule is COc1cccc(NC(=O)c2ccc3nnc(C4CN(Cc5ccccn5)CCN4C)n3c2)c1. The Morgan fingerprint density at radius 1 is 1.12 bits per heavy atom. The largest absolute Gasteiger partial charge is 0.497 e. The fourth-order valence-corrected chi connectivity index (χ4v) is 4.25. The van der Waals surface area contributed by atoms with Gasteiger partial charge in [-0.2, -0.15) is 0 Å². The molecule has 1 unspecified atom stereocenters. The number of benzene rings is 1. The number of fused-ring (bicyclic) bond motifs is 1. The number of nitrogens with one attached hydrogen (secondary N) is 1. The molecule has 0 bridgehead atoms. The van der Waals surface area contributed by atoms with Gasteiger partial charge in [0.25, 0.3) is 5.91 Å². The summed E-state index contributed by atoms with van der Waals surface area (Å²) in [5.74, 6) is 1.30. The predicted octanol–water partition coefficient (Wildman–Crippen LogP) is 2.87. The van der Waals surface area contributed by atoms with Crippen LogP contribution in [0.25, 0.3) is 5.65 Å². The number of amides is 1. The highest BCUT2D eigenvalue weighted by molar-refractivity contribution is 6.04. The maximum atomic E-state index is 13.0. The van der Waals surface area contributed by atoms with Gasteiger partial charge in [0, 0.05) is 50.3 Å². The first kappa shape index (κ1) is 22.0. The normalized spacial score (nSPS) is 17.1. The first-order valence-corrected chi connectivity index (χ1v) is 11.2. The zero-order valence-corrected chi connectivity index (χ0v) is 19.3. The lowest BCUT2D eigenvalue weighted by Gasteiger charge is -2.38. The van der Waals surface area contributed by atoms with E-state index in [1.165, 1.54) is 0 Å². The monoisotopic (exact) mass is 457 g/mol. The zero-order valence-electron chi connectivity index (χ0n) is 19.3. The minimum Gasteiger partial charge on any atom is -0.497 e. The molecule has 34 heavy (non-hydrogen) atoms. The van der Waals surface area contributed by atoms with Crippen LogP contribution in [0.1, 0.15) is 27.9 Å². The van der Waals surface area contributed by atoms with E-state index < -0.39 is 0 Å². The third kappa shape index (κ3) is 4.61. The van der Waals surface area contributed by atoms with Gasteiger partial charge >= 0.3 is 0 Å². The summed E-state index contributed by atoms with van der Waals surface area (Å²) < 4.78 is 7.17. The van der Waals surface area contributed by atoms with Crippen molar-refractivity contribution in [1.29, 1.82) is 0 Å². The standard InChI is InChI=1S/C25H27N7O2/c1-30-12-13-31(16-20-6-3-4-11-26-20)17-22(30)24-29-28-23-10-9-18(15-32(23)24)25(33)27-19-7-5-8-21(14-19)34-2/h3-11,14-15,22H,12-13,16-17H2,1-2H3,(H,27,33). The molecule has 0 aliphatic carbocycles. The number of pyridine rings is 2. The molecule has 0 spiro atoms. The number of anilines is 1. The van der Waals surface area contributed by atoms with E-state index >= 15 is 0 Å². The number of carbonyl (C=O) groups excluding carboxylic acids is 1. The Morgan fingerprint density at radius 3 is 2.85 bits per heavy atom. The van der Waals surface area contributed by atoms with E-state index in [0.29, 0.717) is 22.6 Å². The van der Waals surface area contributed by atoms with Crippen LogP contribution in [0.4, 0.5) is 5.69 Å². The second kappa shape index (κ2) is 9.58. The number of rotatable bonds is 6. The van der Waals surface area contributed by atoms with Gasteiger partial charge in [0.2, 0.25) is 0 Å². The van der Waals surface area contributed by atoms with Gasteiger partial charge in [-0.1, -0.05) is 12.1 Å². The van der Waals surface area contributed by atoms with Crippen LogP contribution >= 0.6 is 0 Å². The highest BCUT2D eigenvalue weighted by Crippen LogP contribution is 2.25. The highest BCUT2D eigenvalue weighted by Gasteiger charge is 2.29. The van der Waals surface area contributed by atoms with Crippen molar-refractivity contribution >= 4 is 17.2 Å². The average molecular weight is 458 g/mol. The predicted molar refractivity (Wildman–Crippen MR) is 129 cm³/mol. The van der Waals surface area contributed by atoms with Gasteiger partial charge < -0.3 is 10.1 Å². The average Bonchev–Trinajstić information content (AvgIpc) is 3.29. The lowest BCUT2D eigenvalue weighted by atomic mass is 10.1. The van der Waals surface area contributed by atoms with Gasteiger partial charge in [-0.25, -0.2) is 0 Å². The van der Waals surface area contributed by atoms with Crippen molar-refractivity contribution in [2.24, 2.45) is 0 Å². The molecule has 1 aromatic carbocycles. The summed E-state index contributed by atoms with van der Waals surface area (Å²) in [6, 6.07) is 16.9. The van der Waals surface area contributed by atoms with Gasteiger partial charge in [-0.3, -0.25) is 24.0 Å². The lowest BCUT2D eigenvalue weighted by Crippen LogP contribution is -2.46. The zero-order chi connectivity index (χ0) is 23.5. The number of carbonyl (C=O) groups is 1. The van der Waals surface area contributed by atoms with Crippen molar-refractivity contribution in [3.8, 4) is 5.75 Å². The van der Waals surface area contributed by atoms with E-state index in [0.717, 1.165) is 37.7 Å². The molecule has 1 atom stereocenters. The van der Waals surface area contributed by atoms with Crippen molar-refractivity contribution in [3.05, 3.63) is 84.1 Å². The molecule has 1 aliphatic rings. The van der Waals surface area contributed by atoms with Gasteiger partial charge in [0.15, 0.2) is 11.5 Å². The molecule has 4 aromatic rings. The Balaban J connectivity index is 1.38. The fourth-order valence-electron chi connectivity index (χ4n) is 4.25. The van der Waals surface area contributed by atoms with E-state index in [9.17, 15) is 4.79 Å². The first-order chi connectivity index (χ1) is 16.6. The molecular formula is C25H27N7O2. The van der Waals surface area contributed by atoms with Crippen LogP contribution in [0.2, 0.25) is 0 Å². The Morgan fingerprint density at radius 2 is 2.03 bits per heavy atom. The minimum absolute atomic E-state index is 0.0455. The lowest BCUT2D eigenvalue weighted by molar-refractivity contribution is 0.0844. The molecule has 5 rings (SSSR count). The van der Waals surface area contributed by atoms with E-state index in [1.807, 2.05) is 59.3 Å². The van der Waals surface area contributed by atoms with E-state index in [1.54, 1.807) is 19.2 Å². The maximum Gasteiger partial charge on any atom is 0.257 e. The van der Waals surface area contributed by atoms with Crippen LogP contribution in [-0.2, 0) is 6.54 Å². The van der Waals surface area contributed by atoms with Crippen LogP contribution in [0.5, 0.6) is 5.75 Å². The summed E-state index contributed by atoms with van der Waals surface area (Å²) in [5, 5.41) is 11.8. The number of hydrogen-bond donors (Lipinski definition) is 1. The highest BCUT2D eigenvalue weighted by atomic mass is 16.5. The molecule has 4 heterocycles. The van der Waals surface area contributed by atoms with Crippen molar-refractivity contribution in [3.63, 3.8) is 0 Å². The molecule has 1 aliphatic heterocycles. The molecule has 0 saturated carbocycles. The fraction of sp³-hybridized carbons (Fsp3) is 0.280. The Hall–Kier alpha value is -3.82. The minimum atomic E-state index is -0.205. The second-order valence-corrected chi connectivity index (χ2v) is 8.44. The van der Waals surface area contributed by atoms with Crippen molar-refractivity contribution in [1.82, 2.24) is 29.4 Å². The number of aromatic nitrogens is 4. The summed E-state index contributed by atoms with van der Waals surface area (Å²) in [4.78, 5) is 22.1. The smallest absolute Gasteiger partial charge is 0.257 e. The summed E-state index contributed by atoms with van der Waals surface area (Å²) in [6.45, 7) is 3.45. The number of nitrogens with zero attached hydrogens (tertiary/aromatic N) is 6. The van der Waals surface area contributed by atoms with Gasteiger partial charge in [0.05, 0.1) is 24.4 Å².